The summed E-state index contributed by atoms with van der Waals surface area (Å²) in [5.41, 5.74) is 2.49. The first-order valence-electron chi connectivity index (χ1n) is 9.60. The normalized spacial score (nSPS) is 16.0. The number of rotatable bonds is 6. The quantitative estimate of drug-likeness (QED) is 0.685. The first kappa shape index (κ1) is 22.1. The molecule has 1 aliphatic rings. The average molecular weight is 455 g/mol. The molecule has 0 spiro atoms. The van der Waals surface area contributed by atoms with Crippen LogP contribution in [0.3, 0.4) is 0 Å². The van der Waals surface area contributed by atoms with Gasteiger partial charge in [-0.25, -0.2) is 12.7 Å². The Bertz CT molecular complexity index is 970. The van der Waals surface area contributed by atoms with Crippen LogP contribution in [-0.2, 0) is 27.0 Å². The maximum absolute atomic E-state index is 12.8. The smallest absolute Gasteiger partial charge is 0.227 e. The summed E-state index contributed by atoms with van der Waals surface area (Å²) in [6.07, 6.45) is 1.93. The van der Waals surface area contributed by atoms with E-state index in [0.717, 1.165) is 12.1 Å². The van der Waals surface area contributed by atoms with E-state index in [4.69, 9.17) is 23.2 Å². The number of nitrogens with one attached hydrogen (secondary N) is 1. The van der Waals surface area contributed by atoms with E-state index < -0.39 is 10.0 Å². The Balaban J connectivity index is 1.56. The molecule has 0 radical (unpaired) electrons. The van der Waals surface area contributed by atoms with E-state index >= 15 is 0 Å². The summed E-state index contributed by atoms with van der Waals surface area (Å²) in [5.74, 6) is -0.442. The molecule has 2 aromatic rings. The Labute approximate surface area is 182 Å². The van der Waals surface area contributed by atoms with Crippen molar-refractivity contribution in [1.29, 1.82) is 0 Å². The average Bonchev–Trinajstić information content (AvgIpc) is 2.71. The number of carbonyl (C=O) groups is 1. The lowest BCUT2D eigenvalue weighted by Crippen LogP contribution is -2.41. The van der Waals surface area contributed by atoms with Crippen LogP contribution in [0.5, 0.6) is 0 Å². The summed E-state index contributed by atoms with van der Waals surface area (Å²) in [7, 11) is -3.51. The predicted octanol–water partition coefficient (Wildman–Crippen LogP) is 4.74. The van der Waals surface area contributed by atoms with Crippen LogP contribution in [0.25, 0.3) is 0 Å². The number of hydrogen-bond acceptors (Lipinski definition) is 3. The van der Waals surface area contributed by atoms with Crippen LogP contribution in [-0.4, -0.2) is 31.7 Å². The van der Waals surface area contributed by atoms with Crippen molar-refractivity contribution in [3.8, 4) is 0 Å². The fourth-order valence-electron chi connectivity index (χ4n) is 3.39. The summed E-state index contributed by atoms with van der Waals surface area (Å²) in [4.78, 5) is 12.5. The minimum atomic E-state index is -3.51. The van der Waals surface area contributed by atoms with Crippen molar-refractivity contribution in [2.45, 2.75) is 31.9 Å². The molecular formula is C21H24Cl2N2O3S. The number of piperidine rings is 1. The maximum Gasteiger partial charge on any atom is 0.227 e. The van der Waals surface area contributed by atoms with Crippen LogP contribution in [0.15, 0.2) is 42.5 Å². The van der Waals surface area contributed by atoms with Gasteiger partial charge in [0.25, 0.3) is 0 Å². The van der Waals surface area contributed by atoms with E-state index in [1.807, 2.05) is 24.3 Å². The summed E-state index contributed by atoms with van der Waals surface area (Å²) in [5, 5.41) is 3.73. The highest BCUT2D eigenvalue weighted by Gasteiger charge is 2.31. The Morgan fingerprint density at radius 3 is 2.34 bits per heavy atom. The van der Waals surface area contributed by atoms with Crippen LogP contribution in [0.4, 0.5) is 5.69 Å². The van der Waals surface area contributed by atoms with Crippen molar-refractivity contribution < 1.29 is 13.2 Å². The molecule has 156 valence electrons. The standard InChI is InChI=1S/C21H24Cl2N2O3S/c1-2-15-3-7-19(8-4-15)24-21(26)16-9-11-25(12-10-16)29(27,28)14-17-5-6-18(22)13-20(17)23/h3-8,13,16H,2,9-12,14H2,1H3,(H,24,26). The number of hydrogen-bond donors (Lipinski definition) is 1. The number of benzene rings is 2. The molecule has 0 aromatic heterocycles. The van der Waals surface area contributed by atoms with Gasteiger partial charge in [0.15, 0.2) is 0 Å². The zero-order chi connectivity index (χ0) is 21.0. The second-order valence-electron chi connectivity index (χ2n) is 7.21. The SMILES string of the molecule is CCc1ccc(NC(=O)C2CCN(S(=O)(=O)Cc3ccc(Cl)cc3Cl)CC2)cc1. The molecule has 1 heterocycles. The Hall–Kier alpha value is -1.60. The third-order valence-electron chi connectivity index (χ3n) is 5.20. The minimum Gasteiger partial charge on any atom is -0.326 e. The van der Waals surface area contributed by atoms with Gasteiger partial charge in [-0.2, -0.15) is 0 Å². The van der Waals surface area contributed by atoms with Crippen LogP contribution in [0.2, 0.25) is 10.0 Å². The molecule has 0 atom stereocenters. The van der Waals surface area contributed by atoms with Crippen molar-refractivity contribution in [3.05, 3.63) is 63.6 Å². The van der Waals surface area contributed by atoms with Crippen LogP contribution in [0, 0.1) is 5.92 Å². The van der Waals surface area contributed by atoms with Gasteiger partial charge in [-0.1, -0.05) is 48.3 Å². The van der Waals surface area contributed by atoms with E-state index in [0.29, 0.717) is 41.5 Å². The molecule has 1 fully saturated rings. The fraction of sp³-hybridized carbons (Fsp3) is 0.381. The minimum absolute atomic E-state index is 0.0629. The third-order valence-corrected chi connectivity index (χ3v) is 7.62. The summed E-state index contributed by atoms with van der Waals surface area (Å²) in [6.45, 7) is 2.72. The summed E-state index contributed by atoms with van der Waals surface area (Å²) in [6, 6.07) is 12.6. The predicted molar refractivity (Wildman–Crippen MR) is 118 cm³/mol. The van der Waals surface area contributed by atoms with Crippen molar-refractivity contribution >= 4 is 44.8 Å². The largest absolute Gasteiger partial charge is 0.326 e. The summed E-state index contributed by atoms with van der Waals surface area (Å²) < 4.78 is 26.9. The van der Waals surface area contributed by atoms with Gasteiger partial charge in [0, 0.05) is 34.7 Å². The van der Waals surface area contributed by atoms with E-state index in [9.17, 15) is 13.2 Å². The van der Waals surface area contributed by atoms with Crippen molar-refractivity contribution in [2.75, 3.05) is 18.4 Å². The van der Waals surface area contributed by atoms with E-state index in [1.165, 1.54) is 15.9 Å². The second kappa shape index (κ2) is 9.47. The Morgan fingerprint density at radius 2 is 1.76 bits per heavy atom. The van der Waals surface area contributed by atoms with Gasteiger partial charge in [-0.15, -0.1) is 0 Å². The van der Waals surface area contributed by atoms with E-state index in [1.54, 1.807) is 12.1 Å². The number of halogens is 2. The first-order valence-corrected chi connectivity index (χ1v) is 12.0. The van der Waals surface area contributed by atoms with Crippen molar-refractivity contribution in [3.63, 3.8) is 0 Å². The molecule has 0 aliphatic carbocycles. The molecule has 1 amide bonds. The topological polar surface area (TPSA) is 66.5 Å². The molecule has 29 heavy (non-hydrogen) atoms. The molecule has 0 saturated carbocycles. The van der Waals surface area contributed by atoms with E-state index in [2.05, 4.69) is 12.2 Å². The Kier molecular flexibility index (Phi) is 7.22. The van der Waals surface area contributed by atoms with Gasteiger partial charge in [-0.05, 0) is 54.7 Å². The van der Waals surface area contributed by atoms with Crippen molar-refractivity contribution in [2.24, 2.45) is 5.92 Å². The number of anilines is 1. The number of nitrogens with zero attached hydrogens (tertiary/aromatic N) is 1. The van der Waals surface area contributed by atoms with Gasteiger partial charge in [-0.3, -0.25) is 4.79 Å². The highest BCUT2D eigenvalue weighted by molar-refractivity contribution is 7.88. The lowest BCUT2D eigenvalue weighted by atomic mass is 9.97. The molecule has 1 aliphatic heterocycles. The number of aryl methyl sites for hydroxylation is 1. The Morgan fingerprint density at radius 1 is 1.10 bits per heavy atom. The molecule has 1 saturated heterocycles. The van der Waals surface area contributed by atoms with E-state index in [-0.39, 0.29) is 17.6 Å². The van der Waals surface area contributed by atoms with Gasteiger partial charge < -0.3 is 5.32 Å². The molecule has 1 N–H and O–H groups in total. The molecule has 8 heteroatoms. The monoisotopic (exact) mass is 454 g/mol. The third kappa shape index (κ3) is 5.72. The highest BCUT2D eigenvalue weighted by Crippen LogP contribution is 2.27. The zero-order valence-electron chi connectivity index (χ0n) is 16.2. The lowest BCUT2D eigenvalue weighted by molar-refractivity contribution is -0.120. The van der Waals surface area contributed by atoms with Gasteiger partial charge in [0.05, 0.1) is 5.75 Å². The molecule has 5 nitrogen and oxygen atoms in total. The molecule has 0 bridgehead atoms. The molecular weight excluding hydrogens is 431 g/mol. The number of carbonyl (C=O) groups excluding carboxylic acids is 1. The fourth-order valence-corrected chi connectivity index (χ4v) is 5.54. The summed E-state index contributed by atoms with van der Waals surface area (Å²) >= 11 is 12.0. The molecule has 2 aromatic carbocycles. The lowest BCUT2D eigenvalue weighted by Gasteiger charge is -2.30. The van der Waals surface area contributed by atoms with Gasteiger partial charge in [0.2, 0.25) is 15.9 Å². The van der Waals surface area contributed by atoms with Crippen LogP contribution < -0.4 is 5.32 Å². The highest BCUT2D eigenvalue weighted by atomic mass is 35.5. The maximum atomic E-state index is 12.8. The molecule has 3 rings (SSSR count). The van der Waals surface area contributed by atoms with Crippen LogP contribution in [0.1, 0.15) is 30.9 Å². The number of amides is 1. The second-order valence-corrected chi connectivity index (χ2v) is 10.0. The van der Waals surface area contributed by atoms with Gasteiger partial charge in [0.1, 0.15) is 0 Å². The zero-order valence-corrected chi connectivity index (χ0v) is 18.5. The van der Waals surface area contributed by atoms with Crippen molar-refractivity contribution in [1.82, 2.24) is 4.31 Å². The number of sulfonamides is 1. The molecule has 0 unspecified atom stereocenters. The first-order chi connectivity index (χ1) is 13.8. The van der Waals surface area contributed by atoms with Gasteiger partial charge >= 0.3 is 0 Å². The van der Waals surface area contributed by atoms with Crippen LogP contribution >= 0.6 is 23.2 Å².